The van der Waals surface area contributed by atoms with Crippen molar-refractivity contribution in [1.82, 2.24) is 20.6 Å². The van der Waals surface area contributed by atoms with E-state index in [9.17, 15) is 4.79 Å². The smallest absolute Gasteiger partial charge is 0.251 e. The zero-order chi connectivity index (χ0) is 24.5. The van der Waals surface area contributed by atoms with E-state index in [2.05, 4.69) is 46.6 Å². The van der Waals surface area contributed by atoms with E-state index in [1.54, 1.807) is 0 Å². The van der Waals surface area contributed by atoms with Crippen molar-refractivity contribution in [1.29, 1.82) is 0 Å². The van der Waals surface area contributed by atoms with Gasteiger partial charge in [-0.1, -0.05) is 56.0 Å². The van der Waals surface area contributed by atoms with E-state index < -0.39 is 0 Å². The predicted octanol–water partition coefficient (Wildman–Crippen LogP) is 5.48. The van der Waals surface area contributed by atoms with Crippen molar-refractivity contribution in [2.45, 2.75) is 34.1 Å². The van der Waals surface area contributed by atoms with Crippen LogP contribution in [0.3, 0.4) is 0 Å². The summed E-state index contributed by atoms with van der Waals surface area (Å²) in [6.45, 7) is 13.5. The van der Waals surface area contributed by atoms with Crippen molar-refractivity contribution in [3.8, 4) is 11.4 Å². The summed E-state index contributed by atoms with van der Waals surface area (Å²) in [6.07, 6.45) is 3.01. The number of benzene rings is 2. The number of nitrogens with one attached hydrogen (secondary N) is 3. The van der Waals surface area contributed by atoms with E-state index in [0.717, 1.165) is 41.0 Å². The minimum Gasteiger partial charge on any atom is -0.385 e. The Bertz CT molecular complexity index is 1180. The molecule has 3 aromatic rings. The molecule has 0 aliphatic rings. The van der Waals surface area contributed by atoms with Crippen molar-refractivity contribution in [2.75, 3.05) is 18.4 Å². The molecule has 0 aliphatic carbocycles. The lowest BCUT2D eigenvalue weighted by Crippen LogP contribution is -2.23. The van der Waals surface area contributed by atoms with Gasteiger partial charge in [0.2, 0.25) is 0 Å². The lowest BCUT2D eigenvalue weighted by atomic mass is 10.0. The molecule has 0 bridgehead atoms. The van der Waals surface area contributed by atoms with Gasteiger partial charge < -0.3 is 16.0 Å². The topological polar surface area (TPSA) is 78.9 Å². The maximum Gasteiger partial charge on any atom is 0.251 e. The molecule has 0 spiro atoms. The molecule has 1 heterocycles. The van der Waals surface area contributed by atoms with Gasteiger partial charge in [0.1, 0.15) is 5.82 Å². The number of allylic oxidation sites excluding steroid dienone is 1. The molecule has 6 heteroatoms. The van der Waals surface area contributed by atoms with Crippen LogP contribution in [0.25, 0.3) is 17.1 Å². The summed E-state index contributed by atoms with van der Waals surface area (Å²) in [5, 5.41) is 9.63. The molecular formula is C28H33N5O. The van der Waals surface area contributed by atoms with Gasteiger partial charge >= 0.3 is 0 Å². The van der Waals surface area contributed by atoms with E-state index in [1.807, 2.05) is 69.3 Å². The summed E-state index contributed by atoms with van der Waals surface area (Å²) in [6, 6.07) is 17.8. The van der Waals surface area contributed by atoms with Crippen LogP contribution in [0.15, 0.2) is 72.9 Å². The Kier molecular flexibility index (Phi) is 8.57. The van der Waals surface area contributed by atoms with Crippen molar-refractivity contribution in [2.24, 2.45) is 0 Å². The van der Waals surface area contributed by atoms with Gasteiger partial charge in [0.05, 0.1) is 0 Å². The third kappa shape index (κ3) is 6.54. The molecule has 6 nitrogen and oxygen atoms in total. The van der Waals surface area contributed by atoms with E-state index in [4.69, 9.17) is 4.98 Å². The number of rotatable bonds is 10. The zero-order valence-electron chi connectivity index (χ0n) is 20.4. The molecule has 0 saturated carbocycles. The number of hydrogen-bond acceptors (Lipinski definition) is 5. The summed E-state index contributed by atoms with van der Waals surface area (Å²) < 4.78 is 0. The Morgan fingerprint density at radius 1 is 1.00 bits per heavy atom. The van der Waals surface area contributed by atoms with E-state index in [1.165, 1.54) is 0 Å². The highest BCUT2D eigenvalue weighted by molar-refractivity contribution is 5.96. The highest BCUT2D eigenvalue weighted by Crippen LogP contribution is 2.22. The molecule has 34 heavy (non-hydrogen) atoms. The quantitative estimate of drug-likeness (QED) is 0.353. The van der Waals surface area contributed by atoms with Crippen LogP contribution in [0.1, 0.15) is 47.4 Å². The van der Waals surface area contributed by atoms with Crippen LogP contribution in [-0.2, 0) is 0 Å². The second kappa shape index (κ2) is 11.8. The fraction of sp³-hybridized carbons (Fsp3) is 0.250. The Morgan fingerprint density at radius 2 is 1.76 bits per heavy atom. The van der Waals surface area contributed by atoms with Gasteiger partial charge in [-0.15, -0.1) is 0 Å². The van der Waals surface area contributed by atoms with Gasteiger partial charge in [-0.2, -0.15) is 0 Å². The standard InChI is InChI=1S/C28H33N5O/c1-6-15-30-25(22-11-9-8-10-12-22)16-20(4)31-26-17-21(5)32-27(33-26)23-14-13-19(3)24(18-23)28(34)29-7-2/h8-14,16-18,30H,4,6-7,15H2,1-3,5H3,(H,29,34)(H,31,32,33)/b25-16-. The fourth-order valence-corrected chi connectivity index (χ4v) is 3.51. The largest absolute Gasteiger partial charge is 0.385 e. The number of nitrogens with zero attached hydrogens (tertiary/aromatic N) is 2. The molecule has 3 N–H and O–H groups in total. The first-order valence-electron chi connectivity index (χ1n) is 11.6. The van der Waals surface area contributed by atoms with Crippen LogP contribution in [0.5, 0.6) is 0 Å². The lowest BCUT2D eigenvalue weighted by Gasteiger charge is -2.14. The maximum absolute atomic E-state index is 12.4. The van der Waals surface area contributed by atoms with Gasteiger partial charge in [-0.05, 0) is 50.5 Å². The predicted molar refractivity (Wildman–Crippen MR) is 140 cm³/mol. The van der Waals surface area contributed by atoms with Crippen LogP contribution in [0, 0.1) is 13.8 Å². The second-order valence-electron chi connectivity index (χ2n) is 8.11. The highest BCUT2D eigenvalue weighted by Gasteiger charge is 2.12. The summed E-state index contributed by atoms with van der Waals surface area (Å²) in [7, 11) is 0. The average molecular weight is 456 g/mol. The molecule has 3 rings (SSSR count). The molecule has 1 aromatic heterocycles. The number of carbonyl (C=O) groups excluding carboxylic acids is 1. The summed E-state index contributed by atoms with van der Waals surface area (Å²) >= 11 is 0. The minimum absolute atomic E-state index is 0.0978. The lowest BCUT2D eigenvalue weighted by molar-refractivity contribution is 0.0955. The number of hydrogen-bond donors (Lipinski definition) is 3. The maximum atomic E-state index is 12.4. The molecule has 0 saturated heterocycles. The van der Waals surface area contributed by atoms with Crippen molar-refractivity contribution in [3.63, 3.8) is 0 Å². The van der Waals surface area contributed by atoms with Crippen molar-refractivity contribution in [3.05, 3.63) is 95.3 Å². The number of aromatic nitrogens is 2. The van der Waals surface area contributed by atoms with Crippen molar-refractivity contribution < 1.29 is 4.79 Å². The Morgan fingerprint density at radius 3 is 2.47 bits per heavy atom. The van der Waals surface area contributed by atoms with Gasteiger partial charge in [0.25, 0.3) is 5.91 Å². The number of aryl methyl sites for hydroxylation is 2. The van der Waals surface area contributed by atoms with Gasteiger partial charge in [0, 0.05) is 47.4 Å². The van der Waals surface area contributed by atoms with E-state index in [-0.39, 0.29) is 5.91 Å². The Hall–Kier alpha value is -3.93. The molecule has 0 aliphatic heterocycles. The average Bonchev–Trinajstić information content (AvgIpc) is 2.82. The van der Waals surface area contributed by atoms with Crippen molar-refractivity contribution >= 4 is 17.4 Å². The summed E-state index contributed by atoms with van der Waals surface area (Å²) in [5.41, 5.74) is 5.93. The number of carbonyl (C=O) groups is 1. The van der Waals surface area contributed by atoms with Gasteiger partial charge in [-0.25, -0.2) is 9.97 Å². The van der Waals surface area contributed by atoms with Crippen LogP contribution in [0.4, 0.5) is 5.82 Å². The summed E-state index contributed by atoms with van der Waals surface area (Å²) in [4.78, 5) is 21.7. The van der Waals surface area contributed by atoms with Crippen LogP contribution < -0.4 is 16.0 Å². The minimum atomic E-state index is -0.0978. The van der Waals surface area contributed by atoms with E-state index in [0.29, 0.717) is 29.4 Å². The normalized spacial score (nSPS) is 11.1. The first-order chi connectivity index (χ1) is 16.4. The molecular weight excluding hydrogens is 422 g/mol. The van der Waals surface area contributed by atoms with Gasteiger partial charge in [0.15, 0.2) is 5.82 Å². The highest BCUT2D eigenvalue weighted by atomic mass is 16.1. The monoisotopic (exact) mass is 455 g/mol. The molecule has 0 radical (unpaired) electrons. The first kappa shape index (κ1) is 24.7. The molecule has 0 unspecified atom stereocenters. The summed E-state index contributed by atoms with van der Waals surface area (Å²) in [5.74, 6) is 1.10. The van der Waals surface area contributed by atoms with Gasteiger partial charge in [-0.3, -0.25) is 4.79 Å². The molecule has 176 valence electrons. The Balaban J connectivity index is 1.88. The molecule has 0 atom stereocenters. The molecule has 0 fully saturated rings. The third-order valence-corrected chi connectivity index (χ3v) is 5.19. The number of amides is 1. The SMILES string of the molecule is C=C(/C=C(\NCCC)c1ccccc1)Nc1cc(C)nc(-c2ccc(C)c(C(=O)NCC)c2)n1. The first-order valence-corrected chi connectivity index (χ1v) is 11.6. The Labute approximate surface area is 202 Å². The van der Waals surface area contributed by atoms with E-state index >= 15 is 0 Å². The van der Waals surface area contributed by atoms with Crippen LogP contribution >= 0.6 is 0 Å². The number of anilines is 1. The van der Waals surface area contributed by atoms with Crippen LogP contribution in [0.2, 0.25) is 0 Å². The molecule has 1 amide bonds. The fourth-order valence-electron chi connectivity index (χ4n) is 3.51. The third-order valence-electron chi connectivity index (χ3n) is 5.19. The molecule has 2 aromatic carbocycles. The zero-order valence-corrected chi connectivity index (χ0v) is 20.4. The second-order valence-corrected chi connectivity index (χ2v) is 8.11. The van der Waals surface area contributed by atoms with Crippen LogP contribution in [-0.4, -0.2) is 29.0 Å².